The zero-order valence-electron chi connectivity index (χ0n) is 11.0. The first-order chi connectivity index (χ1) is 9.14. The van der Waals surface area contributed by atoms with E-state index in [2.05, 4.69) is 34.5 Å². The minimum atomic E-state index is -2.77. The SMILES string of the molecule is O=S1(=O)CCN(CC2CNCc3ccccc32)CC1. The van der Waals surface area contributed by atoms with Crippen LogP contribution in [0.4, 0.5) is 0 Å². The average molecular weight is 280 g/mol. The number of sulfone groups is 1. The summed E-state index contributed by atoms with van der Waals surface area (Å²) in [7, 11) is -2.77. The summed E-state index contributed by atoms with van der Waals surface area (Å²) < 4.78 is 22.9. The van der Waals surface area contributed by atoms with Gasteiger partial charge in [-0.3, -0.25) is 0 Å². The second-order valence-electron chi connectivity index (χ2n) is 5.48. The smallest absolute Gasteiger partial charge is 0.152 e. The quantitative estimate of drug-likeness (QED) is 0.862. The molecule has 19 heavy (non-hydrogen) atoms. The number of nitrogens with one attached hydrogen (secondary N) is 1. The first-order valence-corrected chi connectivity index (χ1v) is 8.67. The zero-order chi connectivity index (χ0) is 13.3. The fourth-order valence-corrected chi connectivity index (χ4v) is 4.27. The van der Waals surface area contributed by atoms with Crippen LogP contribution in [0.5, 0.6) is 0 Å². The molecule has 1 aromatic rings. The molecule has 4 nitrogen and oxygen atoms in total. The van der Waals surface area contributed by atoms with Crippen LogP contribution in [0.1, 0.15) is 17.0 Å². The zero-order valence-corrected chi connectivity index (χ0v) is 11.8. The van der Waals surface area contributed by atoms with Gasteiger partial charge in [-0.25, -0.2) is 8.42 Å². The Morgan fingerprint density at radius 1 is 1.21 bits per heavy atom. The fraction of sp³-hybridized carbons (Fsp3) is 0.571. The summed E-state index contributed by atoms with van der Waals surface area (Å²) in [6.07, 6.45) is 0. The van der Waals surface area contributed by atoms with Crippen molar-refractivity contribution < 1.29 is 8.42 Å². The normalized spacial score (nSPS) is 26.8. The number of fused-ring (bicyclic) bond motifs is 1. The van der Waals surface area contributed by atoms with Crippen molar-refractivity contribution >= 4 is 9.84 Å². The Labute approximate surface area is 114 Å². The van der Waals surface area contributed by atoms with E-state index < -0.39 is 9.84 Å². The molecule has 0 spiro atoms. The molecule has 1 aromatic carbocycles. The van der Waals surface area contributed by atoms with Crippen molar-refractivity contribution in [2.45, 2.75) is 12.5 Å². The van der Waals surface area contributed by atoms with E-state index in [0.29, 0.717) is 30.5 Å². The summed E-state index contributed by atoms with van der Waals surface area (Å²) in [5.74, 6) is 1.11. The van der Waals surface area contributed by atoms with Gasteiger partial charge in [0.2, 0.25) is 0 Å². The third-order valence-corrected chi connectivity index (χ3v) is 5.73. The highest BCUT2D eigenvalue weighted by Gasteiger charge is 2.26. The number of hydrogen-bond acceptors (Lipinski definition) is 4. The van der Waals surface area contributed by atoms with Gasteiger partial charge in [0.1, 0.15) is 0 Å². The largest absolute Gasteiger partial charge is 0.312 e. The number of nitrogens with zero attached hydrogens (tertiary/aromatic N) is 1. The average Bonchev–Trinajstić information content (AvgIpc) is 2.42. The van der Waals surface area contributed by atoms with Crippen LogP contribution in [0.2, 0.25) is 0 Å². The topological polar surface area (TPSA) is 49.4 Å². The van der Waals surface area contributed by atoms with Gasteiger partial charge in [-0.05, 0) is 11.1 Å². The summed E-state index contributed by atoms with van der Waals surface area (Å²) in [4.78, 5) is 2.29. The van der Waals surface area contributed by atoms with Gasteiger partial charge in [-0.15, -0.1) is 0 Å². The Morgan fingerprint density at radius 2 is 1.95 bits per heavy atom. The molecule has 2 aliphatic rings. The van der Waals surface area contributed by atoms with Gasteiger partial charge in [0, 0.05) is 38.6 Å². The van der Waals surface area contributed by atoms with Crippen LogP contribution in [-0.2, 0) is 16.4 Å². The number of hydrogen-bond donors (Lipinski definition) is 1. The molecular formula is C14H20N2O2S. The first kappa shape index (κ1) is 13.1. The third kappa shape index (κ3) is 2.99. The van der Waals surface area contributed by atoms with Crippen LogP contribution in [0, 0.1) is 0 Å². The highest BCUT2D eigenvalue weighted by molar-refractivity contribution is 7.91. The Morgan fingerprint density at radius 3 is 2.74 bits per heavy atom. The molecule has 2 aliphatic heterocycles. The molecule has 1 saturated heterocycles. The van der Waals surface area contributed by atoms with Crippen LogP contribution < -0.4 is 5.32 Å². The van der Waals surface area contributed by atoms with Crippen LogP contribution in [0.25, 0.3) is 0 Å². The lowest BCUT2D eigenvalue weighted by Gasteiger charge is -2.33. The summed E-state index contributed by atoms with van der Waals surface area (Å²) >= 11 is 0. The lowest BCUT2D eigenvalue weighted by Crippen LogP contribution is -2.44. The molecule has 1 unspecified atom stereocenters. The summed E-state index contributed by atoms with van der Waals surface area (Å²) in [6.45, 7) is 4.25. The van der Waals surface area contributed by atoms with Crippen molar-refractivity contribution in [3.05, 3.63) is 35.4 Å². The predicted octanol–water partition coefficient (Wildman–Crippen LogP) is 0.604. The highest BCUT2D eigenvalue weighted by Crippen LogP contribution is 2.25. The molecule has 0 aliphatic carbocycles. The van der Waals surface area contributed by atoms with Crippen LogP contribution in [0.3, 0.4) is 0 Å². The van der Waals surface area contributed by atoms with Gasteiger partial charge >= 0.3 is 0 Å². The first-order valence-electron chi connectivity index (χ1n) is 6.85. The van der Waals surface area contributed by atoms with E-state index >= 15 is 0 Å². The molecule has 0 radical (unpaired) electrons. The minimum absolute atomic E-state index is 0.314. The van der Waals surface area contributed by atoms with Crippen molar-refractivity contribution in [2.24, 2.45) is 0 Å². The molecule has 1 atom stereocenters. The van der Waals surface area contributed by atoms with Gasteiger partial charge < -0.3 is 10.2 Å². The third-order valence-electron chi connectivity index (χ3n) is 4.12. The lowest BCUT2D eigenvalue weighted by atomic mass is 9.90. The van der Waals surface area contributed by atoms with E-state index in [0.717, 1.165) is 19.6 Å². The van der Waals surface area contributed by atoms with Crippen molar-refractivity contribution in [1.82, 2.24) is 10.2 Å². The summed E-state index contributed by atoms with van der Waals surface area (Å²) in [6, 6.07) is 8.56. The maximum absolute atomic E-state index is 11.4. The number of rotatable bonds is 2. The Balaban J connectivity index is 1.68. The van der Waals surface area contributed by atoms with E-state index in [4.69, 9.17) is 0 Å². The maximum Gasteiger partial charge on any atom is 0.152 e. The molecule has 0 amide bonds. The van der Waals surface area contributed by atoms with E-state index in [-0.39, 0.29) is 0 Å². The molecule has 1 N–H and O–H groups in total. The van der Waals surface area contributed by atoms with Crippen LogP contribution in [-0.4, -0.2) is 51.0 Å². The maximum atomic E-state index is 11.4. The molecule has 0 saturated carbocycles. The summed E-state index contributed by atoms with van der Waals surface area (Å²) in [5.41, 5.74) is 2.80. The lowest BCUT2D eigenvalue weighted by molar-refractivity contribution is 0.268. The van der Waals surface area contributed by atoms with Gasteiger partial charge in [0.25, 0.3) is 0 Å². The fourth-order valence-electron chi connectivity index (χ4n) is 2.99. The van der Waals surface area contributed by atoms with E-state index in [9.17, 15) is 8.42 Å². The standard InChI is InChI=1S/C14H20N2O2S/c17-19(18)7-5-16(6-8-19)11-13-10-15-9-12-3-1-2-4-14(12)13/h1-4,13,15H,5-11H2. The Hall–Kier alpha value is -0.910. The van der Waals surface area contributed by atoms with Gasteiger partial charge in [0.05, 0.1) is 11.5 Å². The van der Waals surface area contributed by atoms with E-state index in [1.165, 1.54) is 11.1 Å². The van der Waals surface area contributed by atoms with Crippen LogP contribution in [0.15, 0.2) is 24.3 Å². The van der Waals surface area contributed by atoms with Gasteiger partial charge in [0.15, 0.2) is 9.84 Å². The van der Waals surface area contributed by atoms with Crippen molar-refractivity contribution in [3.63, 3.8) is 0 Å². The summed E-state index contributed by atoms with van der Waals surface area (Å²) in [5, 5.41) is 3.45. The van der Waals surface area contributed by atoms with Gasteiger partial charge in [-0.2, -0.15) is 0 Å². The van der Waals surface area contributed by atoms with Crippen LogP contribution >= 0.6 is 0 Å². The molecular weight excluding hydrogens is 260 g/mol. The molecule has 1 fully saturated rings. The Bertz CT molecular complexity index is 542. The second-order valence-corrected chi connectivity index (χ2v) is 7.78. The Kier molecular flexibility index (Phi) is 3.60. The molecule has 0 aromatic heterocycles. The van der Waals surface area contributed by atoms with E-state index in [1.807, 2.05) is 0 Å². The highest BCUT2D eigenvalue weighted by atomic mass is 32.2. The van der Waals surface area contributed by atoms with Crippen molar-refractivity contribution in [3.8, 4) is 0 Å². The molecule has 104 valence electrons. The number of benzene rings is 1. The van der Waals surface area contributed by atoms with Gasteiger partial charge in [-0.1, -0.05) is 24.3 Å². The van der Waals surface area contributed by atoms with Crippen molar-refractivity contribution in [1.29, 1.82) is 0 Å². The molecule has 0 bridgehead atoms. The predicted molar refractivity (Wildman–Crippen MR) is 76.0 cm³/mol. The molecule has 3 rings (SSSR count). The minimum Gasteiger partial charge on any atom is -0.312 e. The van der Waals surface area contributed by atoms with Crippen molar-refractivity contribution in [2.75, 3.05) is 37.7 Å². The second kappa shape index (κ2) is 5.23. The monoisotopic (exact) mass is 280 g/mol. The molecule has 5 heteroatoms. The van der Waals surface area contributed by atoms with E-state index in [1.54, 1.807) is 0 Å². The molecule has 2 heterocycles.